The van der Waals surface area contributed by atoms with E-state index in [1.54, 1.807) is 18.2 Å². The van der Waals surface area contributed by atoms with Gasteiger partial charge in [0.05, 0.1) is 17.9 Å². The Kier molecular flexibility index (Phi) is 5.49. The van der Waals surface area contributed by atoms with E-state index >= 15 is 0 Å². The molecule has 0 aliphatic rings. The van der Waals surface area contributed by atoms with Gasteiger partial charge in [0.15, 0.2) is 5.75 Å². The molecule has 0 bridgehead atoms. The zero-order chi connectivity index (χ0) is 13.5. The van der Waals surface area contributed by atoms with E-state index in [-0.39, 0.29) is 5.91 Å². The van der Waals surface area contributed by atoms with E-state index in [4.69, 9.17) is 10.5 Å². The van der Waals surface area contributed by atoms with Crippen molar-refractivity contribution in [3.05, 3.63) is 23.8 Å². The fourth-order valence-electron chi connectivity index (χ4n) is 1.55. The molecule has 1 aromatic rings. The summed E-state index contributed by atoms with van der Waals surface area (Å²) in [6.45, 7) is 7.22. The monoisotopic (exact) mass is 250 g/mol. The average Bonchev–Trinajstić information content (AvgIpc) is 2.38. The second-order valence-corrected chi connectivity index (χ2v) is 4.38. The number of carbonyl (C=O) groups is 1. The van der Waals surface area contributed by atoms with Crippen molar-refractivity contribution in [2.45, 2.75) is 27.2 Å². The molecule has 0 aliphatic heterocycles. The number of benzene rings is 1. The van der Waals surface area contributed by atoms with Crippen LogP contribution in [0.5, 0.6) is 5.75 Å². The summed E-state index contributed by atoms with van der Waals surface area (Å²) in [7, 11) is 0. The van der Waals surface area contributed by atoms with Crippen LogP contribution in [0.15, 0.2) is 18.2 Å². The number of hydrogen-bond donors (Lipinski definition) is 2. The molecule has 3 N–H and O–H groups in total. The lowest BCUT2D eigenvalue weighted by Crippen LogP contribution is -2.28. The highest BCUT2D eigenvalue weighted by atomic mass is 16.5. The molecule has 4 heteroatoms. The minimum Gasteiger partial charge on any atom is -0.491 e. The average molecular weight is 250 g/mol. The smallest absolute Gasteiger partial charge is 0.255 e. The van der Waals surface area contributed by atoms with Gasteiger partial charge in [0, 0.05) is 6.54 Å². The van der Waals surface area contributed by atoms with Crippen LogP contribution < -0.4 is 15.8 Å². The lowest BCUT2D eigenvalue weighted by Gasteiger charge is -2.14. The summed E-state index contributed by atoms with van der Waals surface area (Å²) in [5.74, 6) is 0.804. The van der Waals surface area contributed by atoms with Gasteiger partial charge in [0.2, 0.25) is 0 Å². The van der Waals surface area contributed by atoms with Crippen molar-refractivity contribution < 1.29 is 9.53 Å². The van der Waals surface area contributed by atoms with Crippen LogP contribution in [-0.4, -0.2) is 19.1 Å². The van der Waals surface area contributed by atoms with Crippen LogP contribution >= 0.6 is 0 Å². The Balaban J connectivity index is 2.81. The summed E-state index contributed by atoms with van der Waals surface area (Å²) >= 11 is 0. The largest absolute Gasteiger partial charge is 0.491 e. The summed E-state index contributed by atoms with van der Waals surface area (Å²) in [5, 5.41) is 2.90. The van der Waals surface area contributed by atoms with Gasteiger partial charge in [0.25, 0.3) is 5.91 Å². The number of rotatable bonds is 6. The number of nitrogen functional groups attached to an aromatic ring is 1. The molecule has 0 aromatic heterocycles. The predicted octanol–water partition coefficient (Wildman–Crippen LogP) is 2.44. The maximum atomic E-state index is 12.1. The number of anilines is 1. The van der Waals surface area contributed by atoms with Crippen molar-refractivity contribution in [2.75, 3.05) is 18.9 Å². The number of amides is 1. The quantitative estimate of drug-likeness (QED) is 0.762. The molecular weight excluding hydrogens is 228 g/mol. The first-order chi connectivity index (χ1) is 8.60. The molecule has 0 radical (unpaired) electrons. The number of ether oxygens (including phenoxy) is 1. The first-order valence-corrected chi connectivity index (χ1v) is 6.39. The summed E-state index contributed by atoms with van der Waals surface area (Å²) in [6, 6.07) is 5.22. The molecule has 0 fully saturated rings. The Morgan fingerprint density at radius 1 is 1.44 bits per heavy atom. The third-order valence-electron chi connectivity index (χ3n) is 2.89. The molecule has 1 aromatic carbocycles. The van der Waals surface area contributed by atoms with E-state index in [2.05, 4.69) is 19.2 Å². The zero-order valence-electron chi connectivity index (χ0n) is 11.3. The van der Waals surface area contributed by atoms with Crippen LogP contribution in [-0.2, 0) is 0 Å². The number of carbonyl (C=O) groups excluding carboxylic acids is 1. The summed E-state index contributed by atoms with van der Waals surface area (Å²) in [5.41, 5.74) is 6.82. The highest BCUT2D eigenvalue weighted by Crippen LogP contribution is 2.26. The Labute approximate surface area is 109 Å². The Morgan fingerprint density at radius 2 is 2.17 bits per heavy atom. The molecule has 0 heterocycles. The van der Waals surface area contributed by atoms with E-state index in [1.165, 1.54) is 0 Å². The maximum absolute atomic E-state index is 12.1. The number of nitrogens with two attached hydrogens (primary N) is 1. The number of nitrogens with one attached hydrogen (secondary N) is 1. The molecule has 0 spiro atoms. The molecule has 18 heavy (non-hydrogen) atoms. The fourth-order valence-corrected chi connectivity index (χ4v) is 1.55. The fraction of sp³-hybridized carbons (Fsp3) is 0.500. The molecule has 1 unspecified atom stereocenters. The zero-order valence-corrected chi connectivity index (χ0v) is 11.3. The Bertz CT molecular complexity index is 405. The Hall–Kier alpha value is -1.71. The maximum Gasteiger partial charge on any atom is 0.255 e. The predicted molar refractivity (Wildman–Crippen MR) is 73.8 cm³/mol. The van der Waals surface area contributed by atoms with Crippen LogP contribution in [0, 0.1) is 5.92 Å². The van der Waals surface area contributed by atoms with Gasteiger partial charge in [-0.1, -0.05) is 26.3 Å². The molecule has 0 saturated carbocycles. The summed E-state index contributed by atoms with van der Waals surface area (Å²) in [4.78, 5) is 12.1. The first-order valence-electron chi connectivity index (χ1n) is 6.39. The van der Waals surface area contributed by atoms with Crippen molar-refractivity contribution in [3.63, 3.8) is 0 Å². The topological polar surface area (TPSA) is 64.3 Å². The van der Waals surface area contributed by atoms with Gasteiger partial charge < -0.3 is 15.8 Å². The second kappa shape index (κ2) is 6.89. The minimum atomic E-state index is -0.133. The van der Waals surface area contributed by atoms with Gasteiger partial charge in [-0.2, -0.15) is 0 Å². The van der Waals surface area contributed by atoms with Gasteiger partial charge in [0.1, 0.15) is 0 Å². The molecule has 0 saturated heterocycles. The first kappa shape index (κ1) is 14.4. The molecule has 100 valence electrons. The van der Waals surface area contributed by atoms with E-state index in [9.17, 15) is 4.79 Å². The highest BCUT2D eigenvalue weighted by molar-refractivity contribution is 5.98. The van der Waals surface area contributed by atoms with Crippen LogP contribution in [0.25, 0.3) is 0 Å². The van der Waals surface area contributed by atoms with Crippen LogP contribution in [0.1, 0.15) is 37.6 Å². The molecular formula is C14H22N2O2. The van der Waals surface area contributed by atoms with Crippen LogP contribution in [0.3, 0.4) is 0 Å². The lowest BCUT2D eigenvalue weighted by molar-refractivity contribution is 0.0944. The van der Waals surface area contributed by atoms with E-state index in [1.807, 2.05) is 6.92 Å². The van der Waals surface area contributed by atoms with Gasteiger partial charge in [-0.25, -0.2) is 0 Å². The van der Waals surface area contributed by atoms with Gasteiger partial charge in [-0.05, 0) is 25.0 Å². The van der Waals surface area contributed by atoms with Gasteiger partial charge in [-0.15, -0.1) is 0 Å². The summed E-state index contributed by atoms with van der Waals surface area (Å²) in [6.07, 6.45) is 1.04. The SMILES string of the molecule is CCOc1c(N)cccc1C(=O)NCC(C)CC. The van der Waals surface area contributed by atoms with E-state index in [0.29, 0.717) is 36.1 Å². The minimum absolute atomic E-state index is 0.133. The molecule has 1 amide bonds. The molecule has 1 rings (SSSR count). The second-order valence-electron chi connectivity index (χ2n) is 4.38. The molecule has 0 aliphatic carbocycles. The molecule has 4 nitrogen and oxygen atoms in total. The molecule has 1 atom stereocenters. The third-order valence-corrected chi connectivity index (χ3v) is 2.89. The lowest BCUT2D eigenvalue weighted by atomic mass is 10.1. The van der Waals surface area contributed by atoms with Gasteiger partial charge >= 0.3 is 0 Å². The van der Waals surface area contributed by atoms with Gasteiger partial charge in [-0.3, -0.25) is 4.79 Å². The number of para-hydroxylation sites is 1. The van der Waals surface area contributed by atoms with E-state index in [0.717, 1.165) is 6.42 Å². The Morgan fingerprint density at radius 3 is 2.78 bits per heavy atom. The van der Waals surface area contributed by atoms with E-state index < -0.39 is 0 Å². The van der Waals surface area contributed by atoms with Crippen molar-refractivity contribution >= 4 is 11.6 Å². The van der Waals surface area contributed by atoms with Crippen molar-refractivity contribution in [2.24, 2.45) is 5.92 Å². The summed E-state index contributed by atoms with van der Waals surface area (Å²) < 4.78 is 5.44. The van der Waals surface area contributed by atoms with Crippen molar-refractivity contribution in [1.29, 1.82) is 0 Å². The highest BCUT2D eigenvalue weighted by Gasteiger charge is 2.15. The van der Waals surface area contributed by atoms with Crippen molar-refractivity contribution in [3.8, 4) is 5.75 Å². The van der Waals surface area contributed by atoms with Crippen LogP contribution in [0.2, 0.25) is 0 Å². The number of hydrogen-bond acceptors (Lipinski definition) is 3. The normalized spacial score (nSPS) is 11.9. The van der Waals surface area contributed by atoms with Crippen LogP contribution in [0.4, 0.5) is 5.69 Å². The third kappa shape index (κ3) is 3.65. The van der Waals surface area contributed by atoms with Crippen molar-refractivity contribution in [1.82, 2.24) is 5.32 Å². The standard InChI is InChI=1S/C14H22N2O2/c1-4-10(3)9-16-14(17)11-7-6-8-12(15)13(11)18-5-2/h6-8,10H,4-5,9,15H2,1-3H3,(H,16,17).